The summed E-state index contributed by atoms with van der Waals surface area (Å²) in [6.07, 6.45) is 0. The van der Waals surface area contributed by atoms with Crippen LogP contribution in [-0.2, 0) is 0 Å². The third-order valence-corrected chi connectivity index (χ3v) is 2.95. The molecule has 0 bridgehead atoms. The van der Waals surface area contributed by atoms with Crippen molar-refractivity contribution < 1.29 is 14.6 Å². The molecule has 20 heavy (non-hydrogen) atoms. The van der Waals surface area contributed by atoms with Crippen LogP contribution in [0.2, 0.25) is 5.02 Å². The molecule has 2 aromatic carbocycles. The van der Waals surface area contributed by atoms with E-state index < -0.39 is 5.97 Å². The van der Waals surface area contributed by atoms with Crippen LogP contribution < -0.4 is 4.74 Å². The molecule has 0 aromatic heterocycles. The third kappa shape index (κ3) is 2.90. The van der Waals surface area contributed by atoms with Crippen LogP contribution in [0.4, 0.5) is 0 Å². The minimum Gasteiger partial charge on any atom is -0.478 e. The van der Waals surface area contributed by atoms with Gasteiger partial charge in [0.15, 0.2) is 0 Å². The molecule has 0 amide bonds. The second-order valence-corrected chi connectivity index (χ2v) is 4.58. The highest BCUT2D eigenvalue weighted by Crippen LogP contribution is 2.30. The van der Waals surface area contributed by atoms with Crippen LogP contribution in [0.25, 0.3) is 0 Å². The molecule has 0 radical (unpaired) electrons. The van der Waals surface area contributed by atoms with Gasteiger partial charge in [0, 0.05) is 11.1 Å². The summed E-state index contributed by atoms with van der Waals surface area (Å²) >= 11 is 5.88. The van der Waals surface area contributed by atoms with Crippen LogP contribution in [0.15, 0.2) is 36.4 Å². The van der Waals surface area contributed by atoms with Gasteiger partial charge in [0.1, 0.15) is 17.6 Å². The van der Waals surface area contributed by atoms with Gasteiger partial charge in [0.25, 0.3) is 0 Å². The second-order valence-electron chi connectivity index (χ2n) is 4.14. The van der Waals surface area contributed by atoms with Crippen molar-refractivity contribution in [2.45, 2.75) is 6.92 Å². The van der Waals surface area contributed by atoms with Crippen LogP contribution in [0, 0.1) is 18.3 Å². The molecule has 0 saturated carbocycles. The first-order chi connectivity index (χ1) is 9.51. The standard InChI is InChI=1S/C15H10ClNO3/c1-9-2-3-10(15(18)19)6-13(9)20-14-7-12(16)5-4-11(14)8-17/h2-7H,1H3,(H,18,19). The van der Waals surface area contributed by atoms with E-state index in [4.69, 9.17) is 26.7 Å². The fraction of sp³-hybridized carbons (Fsp3) is 0.0667. The Morgan fingerprint density at radius 3 is 2.65 bits per heavy atom. The average Bonchev–Trinajstić information content (AvgIpc) is 2.41. The summed E-state index contributed by atoms with van der Waals surface area (Å²) in [5.41, 5.74) is 1.21. The van der Waals surface area contributed by atoms with Gasteiger partial charge in [-0.1, -0.05) is 17.7 Å². The zero-order valence-corrected chi connectivity index (χ0v) is 11.3. The number of rotatable bonds is 3. The number of carbonyl (C=O) groups is 1. The Kier molecular flexibility index (Phi) is 3.92. The van der Waals surface area contributed by atoms with Gasteiger partial charge in [-0.05, 0) is 36.8 Å². The lowest BCUT2D eigenvalue weighted by atomic mass is 10.1. The van der Waals surface area contributed by atoms with E-state index in [1.165, 1.54) is 18.2 Å². The van der Waals surface area contributed by atoms with Crippen LogP contribution in [0.3, 0.4) is 0 Å². The minimum absolute atomic E-state index is 0.117. The largest absolute Gasteiger partial charge is 0.478 e. The number of hydrogen-bond donors (Lipinski definition) is 1. The number of nitrogens with zero attached hydrogens (tertiary/aromatic N) is 1. The van der Waals surface area contributed by atoms with Crippen molar-refractivity contribution in [1.29, 1.82) is 5.26 Å². The number of ether oxygens (including phenoxy) is 1. The molecule has 0 saturated heterocycles. The SMILES string of the molecule is Cc1ccc(C(=O)O)cc1Oc1cc(Cl)ccc1C#N. The molecule has 2 rings (SSSR count). The van der Waals surface area contributed by atoms with Crippen LogP contribution in [0.1, 0.15) is 21.5 Å². The van der Waals surface area contributed by atoms with Crippen molar-refractivity contribution in [2.24, 2.45) is 0 Å². The Bertz CT molecular complexity index is 720. The van der Waals surface area contributed by atoms with Gasteiger partial charge < -0.3 is 9.84 Å². The lowest BCUT2D eigenvalue weighted by Gasteiger charge is -2.11. The van der Waals surface area contributed by atoms with E-state index in [-0.39, 0.29) is 5.56 Å². The number of aromatic carboxylic acids is 1. The quantitative estimate of drug-likeness (QED) is 0.926. The van der Waals surface area contributed by atoms with Gasteiger partial charge in [-0.25, -0.2) is 4.79 Å². The van der Waals surface area contributed by atoms with E-state index in [2.05, 4.69) is 0 Å². The predicted molar refractivity (Wildman–Crippen MR) is 74.4 cm³/mol. The van der Waals surface area contributed by atoms with Crippen molar-refractivity contribution in [1.82, 2.24) is 0 Å². The molecule has 2 aromatic rings. The molecular formula is C15H10ClNO3. The molecule has 0 unspecified atom stereocenters. The predicted octanol–water partition coefficient (Wildman–Crippen LogP) is 4.01. The fourth-order valence-electron chi connectivity index (χ4n) is 1.63. The lowest BCUT2D eigenvalue weighted by Crippen LogP contribution is -1.98. The Morgan fingerprint density at radius 1 is 1.25 bits per heavy atom. The maximum Gasteiger partial charge on any atom is 0.335 e. The molecular weight excluding hydrogens is 278 g/mol. The minimum atomic E-state index is -1.04. The van der Waals surface area contributed by atoms with Crippen LogP contribution >= 0.6 is 11.6 Å². The molecule has 0 fully saturated rings. The molecule has 0 spiro atoms. The highest BCUT2D eigenvalue weighted by molar-refractivity contribution is 6.30. The number of carboxylic acids is 1. The summed E-state index contributed by atoms with van der Waals surface area (Å²) in [4.78, 5) is 11.0. The summed E-state index contributed by atoms with van der Waals surface area (Å²) in [5, 5.41) is 18.5. The van der Waals surface area contributed by atoms with Crippen LogP contribution in [-0.4, -0.2) is 11.1 Å². The number of carboxylic acid groups (broad SMARTS) is 1. The summed E-state index contributed by atoms with van der Waals surface area (Å²) in [5.74, 6) is -0.365. The zero-order valence-electron chi connectivity index (χ0n) is 10.6. The molecule has 0 atom stereocenters. The molecule has 5 heteroatoms. The maximum atomic E-state index is 11.0. The Hall–Kier alpha value is -2.51. The van der Waals surface area contributed by atoms with Crippen molar-refractivity contribution in [2.75, 3.05) is 0 Å². The maximum absolute atomic E-state index is 11.0. The van der Waals surface area contributed by atoms with Crippen molar-refractivity contribution in [3.63, 3.8) is 0 Å². The van der Waals surface area contributed by atoms with Gasteiger partial charge >= 0.3 is 5.97 Å². The zero-order chi connectivity index (χ0) is 14.7. The summed E-state index contributed by atoms with van der Waals surface area (Å²) in [7, 11) is 0. The van der Waals surface area contributed by atoms with Gasteiger partial charge in [0.2, 0.25) is 0 Å². The first kappa shape index (κ1) is 13.9. The Labute approximate surface area is 120 Å². The lowest BCUT2D eigenvalue weighted by molar-refractivity contribution is 0.0696. The van der Waals surface area contributed by atoms with Gasteiger partial charge in [-0.2, -0.15) is 5.26 Å². The first-order valence-electron chi connectivity index (χ1n) is 5.72. The number of halogens is 1. The van der Waals surface area contributed by atoms with Crippen molar-refractivity contribution in [3.8, 4) is 17.6 Å². The number of nitriles is 1. The molecule has 0 aliphatic rings. The van der Waals surface area contributed by atoms with E-state index in [1.807, 2.05) is 6.07 Å². The summed E-state index contributed by atoms with van der Waals surface area (Å²) in [6, 6.07) is 11.2. The van der Waals surface area contributed by atoms with E-state index >= 15 is 0 Å². The van der Waals surface area contributed by atoms with Crippen molar-refractivity contribution >= 4 is 17.6 Å². The molecule has 100 valence electrons. The van der Waals surface area contributed by atoms with E-state index in [9.17, 15) is 4.79 Å². The Balaban J connectivity index is 2.44. The topological polar surface area (TPSA) is 70.3 Å². The smallest absolute Gasteiger partial charge is 0.335 e. The van der Waals surface area contributed by atoms with Crippen molar-refractivity contribution in [3.05, 3.63) is 58.1 Å². The van der Waals surface area contributed by atoms with E-state index in [0.717, 1.165) is 5.56 Å². The second kappa shape index (κ2) is 5.64. The Morgan fingerprint density at radius 2 is 2.00 bits per heavy atom. The summed E-state index contributed by atoms with van der Waals surface area (Å²) < 4.78 is 5.63. The summed E-state index contributed by atoms with van der Waals surface area (Å²) in [6.45, 7) is 1.79. The van der Waals surface area contributed by atoms with Gasteiger partial charge in [-0.3, -0.25) is 0 Å². The first-order valence-corrected chi connectivity index (χ1v) is 6.10. The molecule has 0 heterocycles. The number of aryl methyl sites for hydroxylation is 1. The molecule has 1 N–H and O–H groups in total. The molecule has 0 aliphatic heterocycles. The monoisotopic (exact) mass is 287 g/mol. The number of benzene rings is 2. The highest BCUT2D eigenvalue weighted by Gasteiger charge is 2.11. The van der Waals surface area contributed by atoms with Gasteiger partial charge in [0.05, 0.1) is 11.1 Å². The number of hydrogen-bond acceptors (Lipinski definition) is 3. The normalized spacial score (nSPS) is 9.85. The fourth-order valence-corrected chi connectivity index (χ4v) is 1.80. The average molecular weight is 288 g/mol. The molecule has 4 nitrogen and oxygen atoms in total. The van der Waals surface area contributed by atoms with E-state index in [1.54, 1.807) is 25.1 Å². The third-order valence-electron chi connectivity index (χ3n) is 2.72. The van der Waals surface area contributed by atoms with Gasteiger partial charge in [-0.15, -0.1) is 0 Å². The van der Waals surface area contributed by atoms with E-state index in [0.29, 0.717) is 22.1 Å². The molecule has 0 aliphatic carbocycles. The van der Waals surface area contributed by atoms with Crippen LogP contribution in [0.5, 0.6) is 11.5 Å². The highest BCUT2D eigenvalue weighted by atomic mass is 35.5.